The van der Waals surface area contributed by atoms with Gasteiger partial charge in [0.2, 0.25) is 11.7 Å². The standard InChI is InChI=1S/C26H22FN3O8/c1-2-36-22-12-15(7-9-20(22)37-14-16-8-10-21(38-16)25(33)34)11-19-24(32)30(26(35)29-19)13-23(31)28-18-6-4-3-5-17(18)27/h3-12H,2,13-14H2,1H3,(H,28,31)(H,29,35)(H,33,34). The summed E-state index contributed by atoms with van der Waals surface area (Å²) in [6, 6.07) is 12.3. The van der Waals surface area contributed by atoms with Crippen molar-refractivity contribution in [1.29, 1.82) is 0 Å². The van der Waals surface area contributed by atoms with Crippen LogP contribution in [0.25, 0.3) is 6.08 Å². The maximum atomic E-state index is 13.8. The number of hydrogen-bond acceptors (Lipinski definition) is 7. The summed E-state index contributed by atoms with van der Waals surface area (Å²) in [5, 5.41) is 13.7. The summed E-state index contributed by atoms with van der Waals surface area (Å²) in [6.07, 6.45) is 1.41. The number of imide groups is 1. The van der Waals surface area contributed by atoms with Gasteiger partial charge < -0.3 is 29.6 Å². The molecule has 1 aliphatic heterocycles. The minimum absolute atomic E-state index is 0.0494. The quantitative estimate of drug-likeness (QED) is 0.270. The van der Waals surface area contributed by atoms with Crippen LogP contribution in [0.4, 0.5) is 14.9 Å². The molecular formula is C26H22FN3O8. The number of carbonyl (C=O) groups is 4. The Morgan fingerprint density at radius 2 is 1.89 bits per heavy atom. The Morgan fingerprint density at radius 3 is 2.61 bits per heavy atom. The van der Waals surface area contributed by atoms with E-state index in [-0.39, 0.29) is 23.8 Å². The van der Waals surface area contributed by atoms with Gasteiger partial charge in [0.25, 0.3) is 5.91 Å². The van der Waals surface area contributed by atoms with Crippen molar-refractivity contribution in [2.75, 3.05) is 18.5 Å². The average molecular weight is 523 g/mol. The number of nitrogens with one attached hydrogen (secondary N) is 2. The normalized spacial score (nSPS) is 13.9. The fraction of sp³-hybridized carbons (Fsp3) is 0.154. The summed E-state index contributed by atoms with van der Waals surface area (Å²) in [5.74, 6) is -2.55. The van der Waals surface area contributed by atoms with Crippen LogP contribution in [0, 0.1) is 5.82 Å². The maximum absolute atomic E-state index is 13.8. The Hall–Kier alpha value is -5.13. The summed E-state index contributed by atoms with van der Waals surface area (Å²) in [7, 11) is 0. The van der Waals surface area contributed by atoms with E-state index in [9.17, 15) is 23.6 Å². The smallest absolute Gasteiger partial charge is 0.371 e. The van der Waals surface area contributed by atoms with Crippen molar-refractivity contribution in [1.82, 2.24) is 10.2 Å². The molecule has 1 aliphatic rings. The van der Waals surface area contributed by atoms with Crippen LogP contribution in [0.1, 0.15) is 28.8 Å². The van der Waals surface area contributed by atoms with Gasteiger partial charge in [-0.2, -0.15) is 0 Å². The van der Waals surface area contributed by atoms with Crippen molar-refractivity contribution in [2.24, 2.45) is 0 Å². The van der Waals surface area contributed by atoms with E-state index >= 15 is 0 Å². The maximum Gasteiger partial charge on any atom is 0.371 e. The predicted molar refractivity (Wildman–Crippen MR) is 131 cm³/mol. The van der Waals surface area contributed by atoms with Gasteiger partial charge in [0, 0.05) is 0 Å². The van der Waals surface area contributed by atoms with Gasteiger partial charge in [0.05, 0.1) is 12.3 Å². The molecule has 3 N–H and O–H groups in total. The number of benzene rings is 2. The van der Waals surface area contributed by atoms with Gasteiger partial charge in [-0.15, -0.1) is 0 Å². The fourth-order valence-corrected chi connectivity index (χ4v) is 3.50. The molecule has 1 fully saturated rings. The molecule has 4 amide bonds. The van der Waals surface area contributed by atoms with Gasteiger partial charge in [0.15, 0.2) is 11.5 Å². The highest BCUT2D eigenvalue weighted by Crippen LogP contribution is 2.30. The number of anilines is 1. The summed E-state index contributed by atoms with van der Waals surface area (Å²) >= 11 is 0. The first-order chi connectivity index (χ1) is 18.2. The fourth-order valence-electron chi connectivity index (χ4n) is 3.50. The lowest BCUT2D eigenvalue weighted by Crippen LogP contribution is -2.38. The zero-order valence-corrected chi connectivity index (χ0v) is 20.0. The molecule has 12 heteroatoms. The number of urea groups is 1. The molecule has 11 nitrogen and oxygen atoms in total. The molecule has 3 aromatic rings. The number of carboxylic acids is 1. The Labute approximate surface area is 215 Å². The van der Waals surface area contributed by atoms with Crippen molar-refractivity contribution < 1.29 is 42.6 Å². The molecule has 38 heavy (non-hydrogen) atoms. The number of aromatic carboxylic acids is 1. The van der Waals surface area contributed by atoms with Crippen LogP contribution in [0.15, 0.2) is 64.7 Å². The first kappa shape index (κ1) is 25.9. The number of ether oxygens (including phenoxy) is 2. The number of halogens is 1. The third kappa shape index (κ3) is 5.98. The third-order valence-corrected chi connectivity index (χ3v) is 5.23. The molecule has 1 saturated heterocycles. The van der Waals surface area contributed by atoms with Gasteiger partial charge in [0.1, 0.15) is 30.4 Å². The number of amides is 4. The van der Waals surface area contributed by atoms with Crippen LogP contribution >= 0.6 is 0 Å². The van der Waals surface area contributed by atoms with E-state index in [4.69, 9.17) is 19.0 Å². The SMILES string of the molecule is CCOc1cc(C=C2NC(=O)N(CC(=O)Nc3ccccc3F)C2=O)ccc1OCc1ccc(C(=O)O)o1. The van der Waals surface area contributed by atoms with Crippen molar-refractivity contribution in [3.05, 3.63) is 83.2 Å². The van der Waals surface area contributed by atoms with E-state index in [1.165, 1.54) is 42.5 Å². The summed E-state index contributed by atoms with van der Waals surface area (Å²) in [5.41, 5.74) is 0.357. The highest BCUT2D eigenvalue weighted by Gasteiger charge is 2.35. The Kier molecular flexibility index (Phi) is 7.71. The first-order valence-electron chi connectivity index (χ1n) is 11.4. The van der Waals surface area contributed by atoms with E-state index in [0.29, 0.717) is 34.3 Å². The van der Waals surface area contributed by atoms with Crippen LogP contribution < -0.4 is 20.1 Å². The lowest BCUT2D eigenvalue weighted by molar-refractivity contribution is -0.127. The highest BCUT2D eigenvalue weighted by molar-refractivity contribution is 6.16. The number of hydrogen-bond donors (Lipinski definition) is 3. The van der Waals surface area contributed by atoms with Crippen LogP contribution in [-0.4, -0.2) is 47.0 Å². The minimum atomic E-state index is -1.19. The molecule has 0 spiro atoms. The van der Waals surface area contributed by atoms with Crippen LogP contribution in [0.5, 0.6) is 11.5 Å². The molecule has 2 heterocycles. The molecule has 1 aromatic heterocycles. The van der Waals surface area contributed by atoms with E-state index in [1.807, 2.05) is 0 Å². The van der Waals surface area contributed by atoms with E-state index in [1.54, 1.807) is 25.1 Å². The Balaban J connectivity index is 1.44. The molecule has 0 saturated carbocycles. The molecule has 196 valence electrons. The van der Waals surface area contributed by atoms with Gasteiger partial charge in [-0.3, -0.25) is 9.59 Å². The third-order valence-electron chi connectivity index (χ3n) is 5.23. The predicted octanol–water partition coefficient (Wildman–Crippen LogP) is 3.63. The van der Waals surface area contributed by atoms with Crippen LogP contribution in [-0.2, 0) is 16.2 Å². The van der Waals surface area contributed by atoms with E-state index < -0.39 is 36.2 Å². The van der Waals surface area contributed by atoms with Crippen molar-refractivity contribution in [3.8, 4) is 11.5 Å². The summed E-state index contributed by atoms with van der Waals surface area (Å²) < 4.78 is 30.3. The lowest BCUT2D eigenvalue weighted by Gasteiger charge is -2.12. The summed E-state index contributed by atoms with van der Waals surface area (Å²) in [6.45, 7) is 1.42. The van der Waals surface area contributed by atoms with Crippen molar-refractivity contribution in [3.63, 3.8) is 0 Å². The van der Waals surface area contributed by atoms with Crippen molar-refractivity contribution in [2.45, 2.75) is 13.5 Å². The second-order valence-electron chi connectivity index (χ2n) is 7.91. The second kappa shape index (κ2) is 11.3. The molecular weight excluding hydrogens is 501 g/mol. The molecule has 0 unspecified atom stereocenters. The monoisotopic (exact) mass is 523 g/mol. The number of para-hydroxylation sites is 1. The zero-order valence-electron chi connectivity index (χ0n) is 20.0. The summed E-state index contributed by atoms with van der Waals surface area (Å²) in [4.78, 5) is 49.1. The van der Waals surface area contributed by atoms with E-state index in [0.717, 1.165) is 0 Å². The number of nitrogens with zero attached hydrogens (tertiary/aromatic N) is 1. The van der Waals surface area contributed by atoms with Gasteiger partial charge >= 0.3 is 12.0 Å². The van der Waals surface area contributed by atoms with Crippen LogP contribution in [0.2, 0.25) is 0 Å². The minimum Gasteiger partial charge on any atom is -0.490 e. The largest absolute Gasteiger partial charge is 0.490 e. The zero-order chi connectivity index (χ0) is 27.2. The highest BCUT2D eigenvalue weighted by atomic mass is 19.1. The molecule has 0 aliphatic carbocycles. The number of furan rings is 1. The average Bonchev–Trinajstić information content (AvgIpc) is 3.46. The molecule has 4 rings (SSSR count). The van der Waals surface area contributed by atoms with Gasteiger partial charge in [-0.1, -0.05) is 18.2 Å². The molecule has 0 bridgehead atoms. The lowest BCUT2D eigenvalue weighted by atomic mass is 10.1. The number of rotatable bonds is 10. The van der Waals surface area contributed by atoms with E-state index in [2.05, 4.69) is 10.6 Å². The van der Waals surface area contributed by atoms with Crippen molar-refractivity contribution >= 4 is 35.6 Å². The topological polar surface area (TPSA) is 147 Å². The van der Waals surface area contributed by atoms with Gasteiger partial charge in [-0.05, 0) is 55.0 Å². The second-order valence-corrected chi connectivity index (χ2v) is 7.91. The molecule has 0 radical (unpaired) electrons. The number of carboxylic acid groups (broad SMARTS) is 1. The molecule has 0 atom stereocenters. The van der Waals surface area contributed by atoms with Crippen LogP contribution in [0.3, 0.4) is 0 Å². The number of carbonyl (C=O) groups excluding carboxylic acids is 3. The van der Waals surface area contributed by atoms with Gasteiger partial charge in [-0.25, -0.2) is 18.9 Å². The first-order valence-corrected chi connectivity index (χ1v) is 11.4. The molecule has 2 aromatic carbocycles. The Bertz CT molecular complexity index is 1430. The Morgan fingerprint density at radius 1 is 1.11 bits per heavy atom.